The van der Waals surface area contributed by atoms with Gasteiger partial charge in [-0.3, -0.25) is 4.99 Å². The Morgan fingerprint density at radius 2 is 1.38 bits per heavy atom. The van der Waals surface area contributed by atoms with Gasteiger partial charge in [-0.05, 0) is 22.3 Å². The van der Waals surface area contributed by atoms with Gasteiger partial charge in [-0.25, -0.2) is 0 Å². The van der Waals surface area contributed by atoms with Crippen molar-refractivity contribution >= 4 is 16.9 Å². The minimum atomic E-state index is -0.677. The van der Waals surface area contributed by atoms with Crippen LogP contribution in [0.4, 0.5) is 0 Å². The van der Waals surface area contributed by atoms with Gasteiger partial charge < -0.3 is 10.8 Å². The molecule has 3 atom stereocenters. The average molecular weight is 360 g/mol. The molecule has 0 aromatic heterocycles. The molecule has 0 radical (unpaired) electrons. The Bertz CT molecular complexity index is 894. The molecule has 0 saturated carbocycles. The van der Waals surface area contributed by atoms with Crippen LogP contribution in [0.1, 0.15) is 22.5 Å². The molecular weight excluding hydrogens is 340 g/mol. The third-order valence-corrected chi connectivity index (χ3v) is 5.80. The second-order valence-corrected chi connectivity index (χ2v) is 7.50. The van der Waals surface area contributed by atoms with Gasteiger partial charge in [0.1, 0.15) is 6.10 Å². The average Bonchev–Trinajstić information content (AvgIpc) is 3.10. The Balaban J connectivity index is 1.60. The maximum atomic E-state index is 10.8. The van der Waals surface area contributed by atoms with Gasteiger partial charge in [0, 0.05) is 0 Å². The minimum absolute atomic E-state index is 0.00929. The molecule has 3 nitrogen and oxygen atoms in total. The van der Waals surface area contributed by atoms with Crippen molar-refractivity contribution in [3.63, 3.8) is 0 Å². The summed E-state index contributed by atoms with van der Waals surface area (Å²) in [6.07, 6.45) is -0.677. The van der Waals surface area contributed by atoms with E-state index in [9.17, 15) is 5.11 Å². The van der Waals surface area contributed by atoms with Crippen LogP contribution in [0.15, 0.2) is 89.9 Å². The van der Waals surface area contributed by atoms with Gasteiger partial charge in [0.15, 0.2) is 5.17 Å². The van der Waals surface area contributed by atoms with Crippen molar-refractivity contribution in [2.24, 2.45) is 10.7 Å². The number of aliphatic hydroxyl groups excluding tert-OH is 1. The molecule has 0 fully saturated rings. The quantitative estimate of drug-likeness (QED) is 0.717. The molecule has 3 N–H and O–H groups in total. The van der Waals surface area contributed by atoms with Crippen molar-refractivity contribution in [2.45, 2.75) is 17.4 Å². The van der Waals surface area contributed by atoms with E-state index < -0.39 is 6.10 Å². The van der Waals surface area contributed by atoms with Crippen molar-refractivity contribution in [2.75, 3.05) is 0 Å². The van der Waals surface area contributed by atoms with Crippen LogP contribution in [-0.2, 0) is 0 Å². The van der Waals surface area contributed by atoms with Crippen molar-refractivity contribution in [1.29, 1.82) is 0 Å². The first-order valence-electron chi connectivity index (χ1n) is 8.61. The maximum absolute atomic E-state index is 10.8. The van der Waals surface area contributed by atoms with Crippen molar-refractivity contribution in [1.82, 2.24) is 0 Å². The molecule has 0 bridgehead atoms. The van der Waals surface area contributed by atoms with Crippen LogP contribution < -0.4 is 5.73 Å². The molecule has 4 heteroatoms. The second-order valence-electron chi connectivity index (χ2n) is 6.34. The summed E-state index contributed by atoms with van der Waals surface area (Å²) in [4.78, 5) is 4.51. The monoisotopic (exact) mass is 360 g/mol. The van der Waals surface area contributed by atoms with Gasteiger partial charge >= 0.3 is 0 Å². The fourth-order valence-corrected chi connectivity index (χ4v) is 4.37. The zero-order valence-electron chi connectivity index (χ0n) is 14.2. The Hall–Kier alpha value is -2.56. The molecule has 0 amide bonds. The molecule has 0 saturated heterocycles. The predicted molar refractivity (Wildman–Crippen MR) is 109 cm³/mol. The smallest absolute Gasteiger partial charge is 0.155 e. The molecule has 0 aliphatic carbocycles. The Labute approximate surface area is 157 Å². The topological polar surface area (TPSA) is 58.6 Å². The van der Waals surface area contributed by atoms with E-state index >= 15 is 0 Å². The lowest BCUT2D eigenvalue weighted by atomic mass is 9.95. The lowest BCUT2D eigenvalue weighted by molar-refractivity contribution is 0.147. The third-order valence-electron chi connectivity index (χ3n) is 4.65. The third kappa shape index (κ3) is 3.39. The van der Waals surface area contributed by atoms with E-state index in [1.54, 1.807) is 0 Å². The number of thioether (sulfide) groups is 1. The van der Waals surface area contributed by atoms with Gasteiger partial charge in [0.25, 0.3) is 0 Å². The van der Waals surface area contributed by atoms with E-state index in [0.29, 0.717) is 5.17 Å². The van der Waals surface area contributed by atoms with E-state index in [1.165, 1.54) is 22.9 Å². The Kier molecular flexibility index (Phi) is 4.78. The SMILES string of the molecule is NC1=N[C@H]([C@H](O)c2ccccc2)[C@@H](c2ccc(-c3ccccc3)cc2)S1. The zero-order chi connectivity index (χ0) is 17.9. The molecule has 130 valence electrons. The summed E-state index contributed by atoms with van der Waals surface area (Å²) in [5.41, 5.74) is 10.3. The number of nitrogens with zero attached hydrogens (tertiary/aromatic N) is 1. The second kappa shape index (κ2) is 7.36. The highest BCUT2D eigenvalue weighted by atomic mass is 32.2. The first-order chi connectivity index (χ1) is 12.7. The van der Waals surface area contributed by atoms with Gasteiger partial charge in [-0.2, -0.15) is 0 Å². The van der Waals surface area contributed by atoms with E-state index in [1.807, 2.05) is 48.5 Å². The minimum Gasteiger partial charge on any atom is -0.386 e. The molecule has 4 rings (SSSR count). The largest absolute Gasteiger partial charge is 0.386 e. The van der Waals surface area contributed by atoms with E-state index in [0.717, 1.165) is 11.1 Å². The first kappa shape index (κ1) is 16.9. The van der Waals surface area contributed by atoms with Gasteiger partial charge in [0.05, 0.1) is 11.3 Å². The Morgan fingerprint density at radius 3 is 2.04 bits per heavy atom. The summed E-state index contributed by atoms with van der Waals surface area (Å²) in [7, 11) is 0. The lowest BCUT2D eigenvalue weighted by Gasteiger charge is -2.23. The summed E-state index contributed by atoms with van der Waals surface area (Å²) in [5, 5.41) is 11.4. The number of hydrogen-bond donors (Lipinski definition) is 2. The van der Waals surface area contributed by atoms with Crippen LogP contribution >= 0.6 is 11.8 Å². The predicted octanol–water partition coefficient (Wildman–Crippen LogP) is 4.56. The fraction of sp³-hybridized carbons (Fsp3) is 0.136. The number of aliphatic hydroxyl groups is 1. The van der Waals surface area contributed by atoms with Crippen LogP contribution in [0.25, 0.3) is 11.1 Å². The number of rotatable bonds is 4. The fourth-order valence-electron chi connectivity index (χ4n) is 3.29. The molecule has 1 aliphatic rings. The standard InChI is InChI=1S/C22H20N2OS/c23-22-24-19(20(25)17-9-5-2-6-10-17)21(26-22)18-13-11-16(12-14-18)15-7-3-1-4-8-15/h1-14,19-21,25H,(H2,23,24)/t19-,20-,21-/m1/s1. The normalized spacial score (nSPS) is 20.6. The number of amidine groups is 1. The highest BCUT2D eigenvalue weighted by Crippen LogP contribution is 2.44. The van der Waals surface area contributed by atoms with Crippen LogP contribution in [0.2, 0.25) is 0 Å². The maximum Gasteiger partial charge on any atom is 0.155 e. The highest BCUT2D eigenvalue weighted by molar-refractivity contribution is 8.14. The molecule has 26 heavy (non-hydrogen) atoms. The van der Waals surface area contributed by atoms with Gasteiger partial charge in [-0.15, -0.1) is 0 Å². The summed E-state index contributed by atoms with van der Waals surface area (Å²) < 4.78 is 0. The van der Waals surface area contributed by atoms with Crippen LogP contribution in [0.3, 0.4) is 0 Å². The van der Waals surface area contributed by atoms with E-state index in [2.05, 4.69) is 41.4 Å². The Morgan fingerprint density at radius 1 is 0.808 bits per heavy atom. The molecule has 3 aromatic carbocycles. The first-order valence-corrected chi connectivity index (χ1v) is 9.48. The molecule has 3 aromatic rings. The van der Waals surface area contributed by atoms with Crippen LogP contribution in [-0.4, -0.2) is 16.3 Å². The summed E-state index contributed by atoms with van der Waals surface area (Å²) >= 11 is 1.52. The zero-order valence-corrected chi connectivity index (χ0v) is 15.0. The highest BCUT2D eigenvalue weighted by Gasteiger charge is 2.36. The number of nitrogens with two attached hydrogens (primary N) is 1. The van der Waals surface area contributed by atoms with Gasteiger partial charge in [-0.1, -0.05) is 96.7 Å². The van der Waals surface area contributed by atoms with E-state index in [-0.39, 0.29) is 11.3 Å². The van der Waals surface area contributed by atoms with Crippen molar-refractivity contribution < 1.29 is 5.11 Å². The summed E-state index contributed by atoms with van der Waals surface area (Å²) in [6, 6.07) is 28.1. The number of hydrogen-bond acceptors (Lipinski definition) is 4. The molecule has 0 unspecified atom stereocenters. The summed E-state index contributed by atoms with van der Waals surface area (Å²) in [5.74, 6) is 0. The molecule has 0 spiro atoms. The molecular formula is C22H20N2OS. The van der Waals surface area contributed by atoms with Crippen molar-refractivity contribution in [3.05, 3.63) is 96.1 Å². The van der Waals surface area contributed by atoms with E-state index in [4.69, 9.17) is 5.73 Å². The summed E-state index contributed by atoms with van der Waals surface area (Å²) in [6.45, 7) is 0. The molecule has 1 aliphatic heterocycles. The van der Waals surface area contributed by atoms with Crippen molar-refractivity contribution in [3.8, 4) is 11.1 Å². The lowest BCUT2D eigenvalue weighted by Crippen LogP contribution is -2.20. The van der Waals surface area contributed by atoms with Crippen LogP contribution in [0.5, 0.6) is 0 Å². The molecule has 1 heterocycles. The van der Waals surface area contributed by atoms with Gasteiger partial charge in [0.2, 0.25) is 0 Å². The van der Waals surface area contributed by atoms with Crippen LogP contribution in [0, 0.1) is 0 Å². The number of aliphatic imine (C=N–C) groups is 1. The number of benzene rings is 3.